The van der Waals surface area contributed by atoms with Gasteiger partial charge in [-0.15, -0.1) is 0 Å². The molecule has 39 heavy (non-hydrogen) atoms. The van der Waals surface area contributed by atoms with Crippen molar-refractivity contribution in [3.05, 3.63) is 11.6 Å². The molecule has 4 saturated carbocycles. The van der Waals surface area contributed by atoms with Crippen LogP contribution in [0.1, 0.15) is 65.2 Å². The molecule has 10 nitrogen and oxygen atoms in total. The second-order valence-corrected chi connectivity index (χ2v) is 13.5. The highest BCUT2D eigenvalue weighted by Crippen LogP contribution is 2.70. The smallest absolute Gasteiger partial charge is 0.331 e. The van der Waals surface area contributed by atoms with Crippen molar-refractivity contribution in [2.75, 3.05) is 13.2 Å². The van der Waals surface area contributed by atoms with E-state index in [9.17, 15) is 35.4 Å². The first kappa shape index (κ1) is 28.0. The molecule has 0 bridgehead atoms. The molecule has 5 fully saturated rings. The molecule has 1 saturated heterocycles. The predicted molar refractivity (Wildman–Crippen MR) is 136 cm³/mol. The van der Waals surface area contributed by atoms with E-state index in [4.69, 9.17) is 14.2 Å². The van der Waals surface area contributed by atoms with E-state index in [0.717, 1.165) is 24.8 Å². The summed E-state index contributed by atoms with van der Waals surface area (Å²) in [6, 6.07) is 0. The number of carbonyl (C=O) groups is 1. The van der Waals surface area contributed by atoms with Crippen molar-refractivity contribution in [1.29, 1.82) is 0 Å². The Morgan fingerprint density at radius 2 is 1.82 bits per heavy atom. The maximum Gasteiger partial charge on any atom is 0.331 e. The van der Waals surface area contributed by atoms with Gasteiger partial charge >= 0.3 is 5.97 Å². The summed E-state index contributed by atoms with van der Waals surface area (Å²) in [6.45, 7) is 3.84. The van der Waals surface area contributed by atoms with Gasteiger partial charge in [0.15, 0.2) is 6.29 Å². The van der Waals surface area contributed by atoms with Gasteiger partial charge in [0.2, 0.25) is 0 Å². The summed E-state index contributed by atoms with van der Waals surface area (Å²) in [7, 11) is 0. The Balaban J connectivity index is 1.22. The summed E-state index contributed by atoms with van der Waals surface area (Å²) in [5, 5.41) is 65.7. The Hall–Kier alpha value is -1.11. The van der Waals surface area contributed by atoms with Crippen molar-refractivity contribution >= 4 is 5.97 Å². The highest BCUT2D eigenvalue weighted by atomic mass is 16.7. The molecule has 0 aromatic heterocycles. The zero-order chi connectivity index (χ0) is 27.9. The third-order valence-electron chi connectivity index (χ3n) is 12.0. The van der Waals surface area contributed by atoms with Crippen molar-refractivity contribution in [3.63, 3.8) is 0 Å². The second-order valence-electron chi connectivity index (χ2n) is 13.5. The standard InChI is InChI=1S/C29H44O10/c1-14-23(33)24(34)25(35)26(38-14)39-17-5-7-28(13-30)16(10-17)3-4-19-22(28)20(31)11-27(2)18(6-8-29(19,27)36)15-9-21(32)37-12-15/h9,14,16-20,22-26,30-31,33-36H,3-8,10-13H2,1-2H3/t14-,16-,17-,18+,19+,20-,22+,23-,24+,25+,26-,27+,28+,29?/m0/s1. The molecule has 0 aromatic carbocycles. The highest BCUT2D eigenvalue weighted by molar-refractivity contribution is 5.85. The van der Waals surface area contributed by atoms with Gasteiger partial charge in [0.05, 0.1) is 23.9 Å². The first-order valence-corrected chi connectivity index (χ1v) is 14.7. The van der Waals surface area contributed by atoms with Gasteiger partial charge in [0, 0.05) is 23.5 Å². The van der Waals surface area contributed by atoms with Crippen molar-refractivity contribution in [2.24, 2.45) is 34.5 Å². The van der Waals surface area contributed by atoms with Crippen molar-refractivity contribution < 1.29 is 49.6 Å². The number of ether oxygens (including phenoxy) is 3. The Bertz CT molecular complexity index is 1000. The minimum absolute atomic E-state index is 0.0327. The molecule has 0 amide bonds. The van der Waals surface area contributed by atoms with Crippen LogP contribution in [0.2, 0.25) is 0 Å². The second kappa shape index (κ2) is 9.73. The summed E-state index contributed by atoms with van der Waals surface area (Å²) < 4.78 is 17.0. The Morgan fingerprint density at radius 3 is 2.51 bits per heavy atom. The normalized spacial score (nSPS) is 55.3. The summed E-state index contributed by atoms with van der Waals surface area (Å²) in [4.78, 5) is 11.8. The summed E-state index contributed by atoms with van der Waals surface area (Å²) in [5.74, 6) is -0.753. The van der Waals surface area contributed by atoms with Crippen LogP contribution >= 0.6 is 0 Å². The highest BCUT2D eigenvalue weighted by Gasteiger charge is 2.70. The van der Waals surface area contributed by atoms with Crippen molar-refractivity contribution in [1.82, 2.24) is 0 Å². The third kappa shape index (κ3) is 4.00. The number of cyclic esters (lactones) is 1. The Labute approximate surface area is 229 Å². The number of aliphatic hydroxyl groups is 6. The van der Waals surface area contributed by atoms with E-state index in [1.165, 1.54) is 0 Å². The van der Waals surface area contributed by atoms with Crippen molar-refractivity contribution in [3.8, 4) is 0 Å². The lowest BCUT2D eigenvalue weighted by molar-refractivity contribution is -0.313. The van der Waals surface area contributed by atoms with Crippen LogP contribution in [0.4, 0.5) is 0 Å². The van der Waals surface area contributed by atoms with E-state index in [1.807, 2.05) is 0 Å². The van der Waals surface area contributed by atoms with E-state index in [2.05, 4.69) is 6.92 Å². The van der Waals surface area contributed by atoms with Gasteiger partial charge in [-0.05, 0) is 87.5 Å². The quantitative estimate of drug-likeness (QED) is 0.212. The zero-order valence-corrected chi connectivity index (χ0v) is 22.8. The fourth-order valence-corrected chi connectivity index (χ4v) is 9.99. The molecule has 2 heterocycles. The average molecular weight is 553 g/mol. The first-order valence-electron chi connectivity index (χ1n) is 14.7. The number of fused-ring (bicyclic) bond motifs is 5. The zero-order valence-electron chi connectivity index (χ0n) is 22.8. The molecule has 0 aromatic rings. The molecule has 6 rings (SSSR count). The van der Waals surface area contributed by atoms with Gasteiger partial charge in [-0.2, -0.15) is 0 Å². The lowest BCUT2D eigenvalue weighted by Gasteiger charge is -2.65. The molecule has 6 N–H and O–H groups in total. The minimum Gasteiger partial charge on any atom is -0.458 e. The van der Waals surface area contributed by atoms with Gasteiger partial charge in [0.1, 0.15) is 24.9 Å². The van der Waals surface area contributed by atoms with Gasteiger partial charge < -0.3 is 44.8 Å². The van der Waals surface area contributed by atoms with Gasteiger partial charge in [0.25, 0.3) is 0 Å². The van der Waals surface area contributed by atoms with Crippen LogP contribution in [0, 0.1) is 34.5 Å². The summed E-state index contributed by atoms with van der Waals surface area (Å²) in [5.41, 5.74) is -1.25. The van der Waals surface area contributed by atoms with Gasteiger partial charge in [-0.1, -0.05) is 6.92 Å². The largest absolute Gasteiger partial charge is 0.458 e. The fourth-order valence-electron chi connectivity index (χ4n) is 9.99. The van der Waals surface area contributed by atoms with E-state index >= 15 is 0 Å². The topological polar surface area (TPSA) is 166 Å². The lowest BCUT2D eigenvalue weighted by atomic mass is 9.42. The molecular formula is C29H44O10. The summed E-state index contributed by atoms with van der Waals surface area (Å²) >= 11 is 0. The van der Waals surface area contributed by atoms with Crippen LogP contribution in [-0.2, 0) is 19.0 Å². The van der Waals surface area contributed by atoms with Crippen LogP contribution in [-0.4, -0.2) is 98.3 Å². The Kier molecular flexibility index (Phi) is 6.99. The monoisotopic (exact) mass is 552 g/mol. The van der Waals surface area contributed by atoms with Crippen LogP contribution in [0.25, 0.3) is 0 Å². The molecule has 2 aliphatic heterocycles. The maximum atomic E-state index is 12.4. The van der Waals surface area contributed by atoms with Crippen LogP contribution in [0.3, 0.4) is 0 Å². The first-order chi connectivity index (χ1) is 18.4. The SMILES string of the molecule is C[C@@H]1O[C@@H](O[C@H]2CC[C@@]3(CO)[C@@H](CC[C@@H]4[C@@H]3[C@@H](O)C[C@]3(C)[C@@H](C5=CC(=O)OC5)CCC43O)C2)[C@H](O)[C@H](O)[C@H]1O. The van der Waals surface area contributed by atoms with Crippen LogP contribution < -0.4 is 0 Å². The lowest BCUT2D eigenvalue weighted by Crippen LogP contribution is -2.68. The molecule has 0 radical (unpaired) electrons. The third-order valence-corrected chi connectivity index (χ3v) is 12.0. The number of aliphatic hydroxyl groups excluding tert-OH is 5. The molecule has 14 atom stereocenters. The number of hydrogen-bond acceptors (Lipinski definition) is 10. The average Bonchev–Trinajstić information content (AvgIpc) is 3.45. The maximum absolute atomic E-state index is 12.4. The number of rotatable bonds is 4. The molecule has 1 unspecified atom stereocenters. The molecule has 10 heteroatoms. The van der Waals surface area contributed by atoms with Gasteiger partial charge in [-0.3, -0.25) is 0 Å². The fraction of sp³-hybridized carbons (Fsp3) is 0.897. The molecule has 6 aliphatic rings. The van der Waals surface area contributed by atoms with Crippen LogP contribution in [0.15, 0.2) is 11.6 Å². The molecular weight excluding hydrogens is 508 g/mol. The molecule has 0 spiro atoms. The summed E-state index contributed by atoms with van der Waals surface area (Å²) in [6.07, 6.45) is -0.0583. The van der Waals surface area contributed by atoms with E-state index in [0.29, 0.717) is 32.1 Å². The van der Waals surface area contributed by atoms with Crippen molar-refractivity contribution in [2.45, 2.75) is 114 Å². The molecule has 4 aliphatic carbocycles. The number of esters is 1. The van der Waals surface area contributed by atoms with E-state index in [-0.39, 0.29) is 49.0 Å². The number of carbonyl (C=O) groups excluding carboxylic acids is 1. The van der Waals surface area contributed by atoms with Crippen LogP contribution in [0.5, 0.6) is 0 Å². The minimum atomic E-state index is -1.37. The number of hydrogen-bond donors (Lipinski definition) is 6. The van der Waals surface area contributed by atoms with E-state index in [1.54, 1.807) is 13.0 Å². The predicted octanol–water partition coefficient (Wildman–Crippen LogP) is 0.399. The Morgan fingerprint density at radius 1 is 1.05 bits per heavy atom. The molecule has 220 valence electrons. The van der Waals surface area contributed by atoms with Gasteiger partial charge in [-0.25, -0.2) is 4.79 Å². The van der Waals surface area contributed by atoms with E-state index < -0.39 is 53.2 Å².